The maximum atomic E-state index is 15.1. The van der Waals surface area contributed by atoms with E-state index in [2.05, 4.69) is 39.2 Å². The number of fused-ring (bicyclic) bond motifs is 3. The Morgan fingerprint density at radius 1 is 1.12 bits per heavy atom. The minimum Gasteiger partial charge on any atom is -0.338 e. The molecule has 2 saturated heterocycles. The fourth-order valence-electron chi connectivity index (χ4n) is 5.37. The van der Waals surface area contributed by atoms with Crippen molar-refractivity contribution in [1.29, 1.82) is 0 Å². The molecule has 3 unspecified atom stereocenters. The predicted octanol–water partition coefficient (Wildman–Crippen LogP) is 5.12. The molecule has 2 fully saturated rings. The first-order chi connectivity index (χ1) is 16.1. The highest BCUT2D eigenvalue weighted by atomic mass is 19.1. The van der Waals surface area contributed by atoms with Crippen LogP contribution in [-0.4, -0.2) is 44.5 Å². The molecule has 33 heavy (non-hydrogen) atoms. The molecule has 3 aromatic carbocycles. The molecule has 2 aliphatic rings. The Labute approximate surface area is 191 Å². The van der Waals surface area contributed by atoms with E-state index in [0.717, 1.165) is 42.4 Å². The number of carbonyl (C=O) groups excluding carboxylic acids is 1. The van der Waals surface area contributed by atoms with Crippen LogP contribution in [0.4, 0.5) is 4.39 Å². The molecule has 0 saturated carbocycles. The number of piperidine rings is 1. The SMILES string of the molecule is Cc1cccc2[nH]c(-c3ccc(C(=O)N4C5CCN4C(Cc4ccccc4)C5)cc3F)nc12. The van der Waals surface area contributed by atoms with E-state index >= 15 is 4.39 Å². The normalized spacial score (nSPS) is 21.8. The van der Waals surface area contributed by atoms with Crippen LogP contribution in [0, 0.1) is 12.7 Å². The topological polar surface area (TPSA) is 52.2 Å². The average Bonchev–Trinajstić information content (AvgIpc) is 3.52. The molecule has 1 amide bonds. The number of para-hydroxylation sites is 1. The van der Waals surface area contributed by atoms with E-state index in [1.165, 1.54) is 11.6 Å². The van der Waals surface area contributed by atoms with Crippen molar-refractivity contribution >= 4 is 16.9 Å². The van der Waals surface area contributed by atoms with Crippen molar-refractivity contribution in [2.24, 2.45) is 0 Å². The summed E-state index contributed by atoms with van der Waals surface area (Å²) in [7, 11) is 0. The largest absolute Gasteiger partial charge is 0.338 e. The van der Waals surface area contributed by atoms with Crippen molar-refractivity contribution in [1.82, 2.24) is 20.0 Å². The first-order valence-corrected chi connectivity index (χ1v) is 11.5. The van der Waals surface area contributed by atoms with E-state index in [-0.39, 0.29) is 11.9 Å². The number of carbonyl (C=O) groups is 1. The number of aryl methyl sites for hydroxylation is 1. The zero-order valence-electron chi connectivity index (χ0n) is 18.5. The molecule has 1 N–H and O–H groups in total. The maximum absolute atomic E-state index is 15.1. The van der Waals surface area contributed by atoms with Crippen LogP contribution in [0.25, 0.3) is 22.4 Å². The lowest BCUT2D eigenvalue weighted by molar-refractivity contribution is 0.0197. The third-order valence-corrected chi connectivity index (χ3v) is 6.99. The lowest BCUT2D eigenvalue weighted by atomic mass is 9.97. The van der Waals surface area contributed by atoms with Gasteiger partial charge in [0.2, 0.25) is 0 Å². The van der Waals surface area contributed by atoms with Crippen molar-refractivity contribution in [3.05, 3.63) is 89.2 Å². The second-order valence-corrected chi connectivity index (χ2v) is 9.09. The maximum Gasteiger partial charge on any atom is 0.268 e. The van der Waals surface area contributed by atoms with Gasteiger partial charge in [0, 0.05) is 18.2 Å². The van der Waals surface area contributed by atoms with Crippen LogP contribution in [-0.2, 0) is 6.42 Å². The number of hydrogen-bond acceptors (Lipinski definition) is 3. The van der Waals surface area contributed by atoms with Crippen LogP contribution < -0.4 is 0 Å². The van der Waals surface area contributed by atoms with Gasteiger partial charge in [0.1, 0.15) is 11.6 Å². The number of nitrogens with zero attached hydrogens (tertiary/aromatic N) is 3. The Morgan fingerprint density at radius 3 is 2.76 bits per heavy atom. The van der Waals surface area contributed by atoms with E-state index in [4.69, 9.17) is 0 Å². The zero-order chi connectivity index (χ0) is 22.5. The molecule has 6 heteroatoms. The Hall–Kier alpha value is -3.51. The fraction of sp³-hybridized carbons (Fsp3) is 0.259. The van der Waals surface area contributed by atoms with Crippen LogP contribution >= 0.6 is 0 Å². The van der Waals surface area contributed by atoms with Gasteiger partial charge in [0.25, 0.3) is 5.91 Å². The van der Waals surface area contributed by atoms with Gasteiger partial charge in [0.05, 0.1) is 22.6 Å². The lowest BCUT2D eigenvalue weighted by Gasteiger charge is -2.28. The average molecular weight is 441 g/mol. The molecular weight excluding hydrogens is 415 g/mol. The van der Waals surface area contributed by atoms with E-state index < -0.39 is 5.82 Å². The molecule has 2 aliphatic heterocycles. The number of aromatic nitrogens is 2. The molecule has 5 nitrogen and oxygen atoms in total. The monoisotopic (exact) mass is 440 g/mol. The van der Waals surface area contributed by atoms with Gasteiger partial charge in [-0.05, 0) is 61.6 Å². The first kappa shape index (κ1) is 20.1. The third kappa shape index (κ3) is 3.42. The van der Waals surface area contributed by atoms with Crippen molar-refractivity contribution in [3.63, 3.8) is 0 Å². The summed E-state index contributed by atoms with van der Waals surface area (Å²) in [6.07, 6.45) is 2.84. The molecule has 166 valence electrons. The number of amides is 1. The quantitative estimate of drug-likeness (QED) is 0.479. The smallest absolute Gasteiger partial charge is 0.268 e. The lowest BCUT2D eigenvalue weighted by Crippen LogP contribution is -2.42. The second-order valence-electron chi connectivity index (χ2n) is 9.09. The van der Waals surface area contributed by atoms with Gasteiger partial charge >= 0.3 is 0 Å². The molecule has 0 spiro atoms. The van der Waals surface area contributed by atoms with Gasteiger partial charge in [-0.2, -0.15) is 0 Å². The first-order valence-electron chi connectivity index (χ1n) is 11.5. The molecule has 1 aromatic heterocycles. The molecule has 0 aliphatic carbocycles. The highest BCUT2D eigenvalue weighted by Gasteiger charge is 2.47. The van der Waals surface area contributed by atoms with Crippen molar-refractivity contribution in [3.8, 4) is 11.4 Å². The van der Waals surface area contributed by atoms with Crippen molar-refractivity contribution in [2.45, 2.75) is 38.3 Å². The summed E-state index contributed by atoms with van der Waals surface area (Å²) < 4.78 is 15.1. The number of rotatable bonds is 4. The summed E-state index contributed by atoms with van der Waals surface area (Å²) in [6.45, 7) is 2.85. The van der Waals surface area contributed by atoms with Crippen LogP contribution in [0.2, 0.25) is 0 Å². The van der Waals surface area contributed by atoms with Crippen molar-refractivity contribution in [2.75, 3.05) is 6.54 Å². The van der Waals surface area contributed by atoms with Crippen molar-refractivity contribution < 1.29 is 9.18 Å². The number of benzene rings is 3. The molecular formula is C27H25FN4O. The van der Waals surface area contributed by atoms with Crippen LogP contribution in [0.15, 0.2) is 66.7 Å². The van der Waals surface area contributed by atoms with Gasteiger partial charge in [-0.1, -0.05) is 42.5 Å². The minimum absolute atomic E-state index is 0.126. The number of H-pyrrole nitrogens is 1. The number of hydrazine groups is 1. The van der Waals surface area contributed by atoms with Crippen LogP contribution in [0.3, 0.4) is 0 Å². The minimum atomic E-state index is -0.445. The third-order valence-electron chi connectivity index (χ3n) is 6.99. The molecule has 0 radical (unpaired) electrons. The number of halogens is 1. The van der Waals surface area contributed by atoms with E-state index in [1.807, 2.05) is 36.2 Å². The highest BCUT2D eigenvalue weighted by Crippen LogP contribution is 2.37. The highest BCUT2D eigenvalue weighted by molar-refractivity contribution is 5.95. The van der Waals surface area contributed by atoms with Gasteiger partial charge < -0.3 is 4.98 Å². The predicted molar refractivity (Wildman–Crippen MR) is 126 cm³/mol. The molecule has 2 bridgehead atoms. The molecule has 4 aromatic rings. The molecule has 3 atom stereocenters. The molecule has 6 rings (SSSR count). The Bertz CT molecular complexity index is 1350. The molecule has 3 heterocycles. The van der Waals surface area contributed by atoms with E-state index in [1.54, 1.807) is 12.1 Å². The van der Waals surface area contributed by atoms with Gasteiger partial charge in [-0.3, -0.25) is 9.80 Å². The van der Waals surface area contributed by atoms with E-state index in [9.17, 15) is 4.79 Å². The summed E-state index contributed by atoms with van der Waals surface area (Å²) in [6, 6.07) is 21.5. The summed E-state index contributed by atoms with van der Waals surface area (Å²) in [5, 5.41) is 4.06. The second kappa shape index (κ2) is 7.81. The summed E-state index contributed by atoms with van der Waals surface area (Å²) in [5.41, 5.74) is 4.76. The zero-order valence-corrected chi connectivity index (χ0v) is 18.5. The number of imidazole rings is 1. The number of hydrogen-bond donors (Lipinski definition) is 1. The Morgan fingerprint density at radius 2 is 1.97 bits per heavy atom. The summed E-state index contributed by atoms with van der Waals surface area (Å²) in [4.78, 5) is 21.2. The van der Waals surface area contributed by atoms with Gasteiger partial charge in [-0.15, -0.1) is 0 Å². The summed E-state index contributed by atoms with van der Waals surface area (Å²) in [5.74, 6) is -0.0948. The number of nitrogens with one attached hydrogen (secondary N) is 1. The van der Waals surface area contributed by atoms with Crippen LogP contribution in [0.1, 0.15) is 34.3 Å². The number of aromatic amines is 1. The van der Waals surface area contributed by atoms with E-state index in [0.29, 0.717) is 23.0 Å². The Balaban J connectivity index is 1.25. The van der Waals surface area contributed by atoms with Gasteiger partial charge in [-0.25, -0.2) is 14.4 Å². The fourth-order valence-corrected chi connectivity index (χ4v) is 5.37. The standard InChI is InChI=1S/C27H25FN4O/c1-17-6-5-9-24-25(17)30-26(29-24)22-11-10-19(15-23(22)28)27(33)32-20-12-13-31(32)21(16-20)14-18-7-3-2-4-8-18/h2-11,15,20-21H,12-14,16H2,1H3,(H,29,30). The van der Waals surface area contributed by atoms with Crippen LogP contribution in [0.5, 0.6) is 0 Å². The summed E-state index contributed by atoms with van der Waals surface area (Å²) >= 11 is 0. The van der Waals surface area contributed by atoms with Gasteiger partial charge in [0.15, 0.2) is 0 Å². The Kier molecular flexibility index (Phi) is 4.76.